The SMILES string of the molecule is CC(C)C1=CC(Oc2c(Cl)cc(-n3nc(C#N)c(=O)[nH]c3=O)cc2Cl)=C[I-]NC1=O. The molecule has 0 saturated carbocycles. The van der Waals surface area contributed by atoms with Crippen LogP contribution in [0.1, 0.15) is 19.5 Å². The molecular weight excluding hydrogens is 548 g/mol. The molecule has 1 aliphatic rings. The molecule has 0 saturated heterocycles. The number of carbonyl (C=O) groups is 1. The Bertz CT molecular complexity index is 1230. The number of benzene rings is 1. The van der Waals surface area contributed by atoms with Crippen molar-refractivity contribution < 1.29 is 31.0 Å². The van der Waals surface area contributed by atoms with Gasteiger partial charge in [0.05, 0.1) is 0 Å². The molecule has 0 spiro atoms. The Kier molecular flexibility index (Phi) is 6.64. The topological polar surface area (TPSA) is 130 Å². The van der Waals surface area contributed by atoms with Crippen LogP contribution in [-0.4, -0.2) is 20.7 Å². The van der Waals surface area contributed by atoms with Crippen molar-refractivity contribution in [3.05, 3.63) is 70.2 Å². The number of nitriles is 1. The standard InChI is InChI=1S/C18H13Cl2IN5O4/c1-8(2)11-5-10(6-21-24-16(11)27)30-15-12(19)3-9(4-13(15)20)26-18(29)23-17(28)14(7-22)25-26/h3-6,8H,1-2H3,(H,24,27)(H,23,28,29)/q-1. The number of aromatic nitrogens is 3. The molecule has 1 aliphatic heterocycles. The van der Waals surface area contributed by atoms with Gasteiger partial charge < -0.3 is 0 Å². The fraction of sp³-hybridized carbons (Fsp3) is 0.167. The first-order valence-electron chi connectivity index (χ1n) is 8.36. The number of nitrogens with zero attached hydrogens (tertiary/aromatic N) is 3. The van der Waals surface area contributed by atoms with Crippen LogP contribution < -0.4 is 41.0 Å². The number of allylic oxidation sites excluding steroid dienone is 1. The molecule has 12 heteroatoms. The van der Waals surface area contributed by atoms with Crippen molar-refractivity contribution in [1.29, 1.82) is 5.26 Å². The molecule has 156 valence electrons. The van der Waals surface area contributed by atoms with Crippen molar-refractivity contribution in [3.8, 4) is 17.5 Å². The zero-order valence-corrected chi connectivity index (χ0v) is 19.2. The second kappa shape index (κ2) is 9.03. The van der Waals surface area contributed by atoms with E-state index in [9.17, 15) is 14.4 Å². The zero-order chi connectivity index (χ0) is 22.0. The van der Waals surface area contributed by atoms with Crippen LogP contribution >= 0.6 is 23.2 Å². The average Bonchev–Trinajstić information content (AvgIpc) is 2.86. The van der Waals surface area contributed by atoms with Crippen molar-refractivity contribution in [2.45, 2.75) is 13.8 Å². The molecule has 0 radical (unpaired) electrons. The molecule has 0 unspecified atom stereocenters. The van der Waals surface area contributed by atoms with Crippen LogP contribution in [0.4, 0.5) is 0 Å². The van der Waals surface area contributed by atoms with Gasteiger partial charge in [0.1, 0.15) is 0 Å². The summed E-state index contributed by atoms with van der Waals surface area (Å²) >= 11 is 11.9. The van der Waals surface area contributed by atoms with Crippen molar-refractivity contribution in [2.75, 3.05) is 0 Å². The Balaban J connectivity index is 2.02. The fourth-order valence-corrected chi connectivity index (χ4v) is 4.36. The first-order valence-corrected chi connectivity index (χ1v) is 11.4. The maximum atomic E-state index is 12.1. The third-order valence-corrected chi connectivity index (χ3v) is 6.15. The van der Waals surface area contributed by atoms with Gasteiger partial charge in [-0.1, -0.05) is 0 Å². The third kappa shape index (κ3) is 4.58. The fourth-order valence-electron chi connectivity index (χ4n) is 2.45. The number of halogens is 3. The van der Waals surface area contributed by atoms with Crippen LogP contribution in [0.3, 0.4) is 0 Å². The Morgan fingerprint density at radius 3 is 2.50 bits per heavy atom. The number of ether oxygens (including phenoxy) is 1. The van der Waals surface area contributed by atoms with Crippen LogP contribution in [0.15, 0.2) is 43.2 Å². The van der Waals surface area contributed by atoms with Gasteiger partial charge in [-0.2, -0.15) is 0 Å². The summed E-state index contributed by atoms with van der Waals surface area (Å²) in [4.78, 5) is 37.7. The van der Waals surface area contributed by atoms with Gasteiger partial charge in [0.25, 0.3) is 0 Å². The molecule has 1 amide bonds. The molecule has 0 atom stereocenters. The summed E-state index contributed by atoms with van der Waals surface area (Å²) in [5, 5.41) is 12.8. The van der Waals surface area contributed by atoms with E-state index in [2.05, 4.69) is 8.63 Å². The molecule has 1 aromatic heterocycles. The van der Waals surface area contributed by atoms with Gasteiger partial charge >= 0.3 is 191 Å². The summed E-state index contributed by atoms with van der Waals surface area (Å²) < 4.78 is 11.3. The summed E-state index contributed by atoms with van der Waals surface area (Å²) in [6, 6.07) is 4.32. The molecule has 2 N–H and O–H groups in total. The first-order chi connectivity index (χ1) is 14.2. The third-order valence-electron chi connectivity index (χ3n) is 3.87. The van der Waals surface area contributed by atoms with E-state index in [4.69, 9.17) is 33.2 Å². The molecule has 0 bridgehead atoms. The van der Waals surface area contributed by atoms with E-state index >= 15 is 0 Å². The van der Waals surface area contributed by atoms with Gasteiger partial charge in [-0.15, -0.1) is 0 Å². The number of aromatic amines is 1. The molecule has 1 aromatic carbocycles. The number of hydrogen-bond acceptors (Lipinski definition) is 6. The summed E-state index contributed by atoms with van der Waals surface area (Å²) in [7, 11) is 0. The molecule has 30 heavy (non-hydrogen) atoms. The predicted molar refractivity (Wildman–Crippen MR) is 105 cm³/mol. The van der Waals surface area contributed by atoms with E-state index in [-0.39, 0.29) is 33.3 Å². The molecule has 3 rings (SSSR count). The summed E-state index contributed by atoms with van der Waals surface area (Å²) in [6.07, 6.45) is 1.64. The van der Waals surface area contributed by atoms with Gasteiger partial charge in [-0.05, 0) is 0 Å². The van der Waals surface area contributed by atoms with Crippen LogP contribution in [0.2, 0.25) is 10.0 Å². The second-order valence-electron chi connectivity index (χ2n) is 6.27. The number of amides is 1. The Morgan fingerprint density at radius 2 is 1.90 bits per heavy atom. The maximum absolute atomic E-state index is 12.1. The number of H-pyrrole nitrogens is 1. The predicted octanol–water partition coefficient (Wildman–Crippen LogP) is -0.964. The quantitative estimate of drug-likeness (QED) is 0.366. The Morgan fingerprint density at radius 1 is 1.23 bits per heavy atom. The molecule has 9 nitrogen and oxygen atoms in total. The molecule has 0 fully saturated rings. The van der Waals surface area contributed by atoms with Gasteiger partial charge in [-0.25, -0.2) is 0 Å². The summed E-state index contributed by atoms with van der Waals surface area (Å²) in [5.41, 5.74) is -1.54. The van der Waals surface area contributed by atoms with E-state index in [1.807, 2.05) is 18.8 Å². The average molecular weight is 561 g/mol. The number of nitrogens with one attached hydrogen (secondary N) is 2. The molecule has 2 heterocycles. The van der Waals surface area contributed by atoms with Crippen molar-refractivity contribution in [2.24, 2.45) is 5.92 Å². The van der Waals surface area contributed by atoms with Crippen molar-refractivity contribution in [1.82, 2.24) is 18.3 Å². The first kappa shape index (κ1) is 22.1. The summed E-state index contributed by atoms with van der Waals surface area (Å²) in [5.74, 6) is 0.397. The van der Waals surface area contributed by atoms with Gasteiger partial charge in [-0.3, -0.25) is 0 Å². The van der Waals surface area contributed by atoms with E-state index in [1.54, 1.807) is 16.2 Å². The monoisotopic (exact) mass is 560 g/mol. The van der Waals surface area contributed by atoms with Gasteiger partial charge in [0.15, 0.2) is 0 Å². The minimum atomic E-state index is -0.893. The van der Waals surface area contributed by atoms with Crippen LogP contribution in [0.5, 0.6) is 5.75 Å². The number of carbonyl (C=O) groups excluding carboxylic acids is 1. The van der Waals surface area contributed by atoms with Crippen molar-refractivity contribution in [3.63, 3.8) is 0 Å². The normalized spacial score (nSPS) is 14.1. The second-order valence-corrected chi connectivity index (χ2v) is 8.87. The minimum absolute atomic E-state index is 0.0139. The van der Waals surface area contributed by atoms with Crippen molar-refractivity contribution >= 4 is 29.1 Å². The molecule has 0 aliphatic carbocycles. The number of hydrogen-bond donors (Lipinski definition) is 2. The molecule has 2 aromatic rings. The Hall–Kier alpha value is -2.62. The van der Waals surface area contributed by atoms with Gasteiger partial charge in [0, 0.05) is 0 Å². The zero-order valence-electron chi connectivity index (χ0n) is 15.5. The molecular formula is C18H13Cl2IN5O4-. The van der Waals surface area contributed by atoms with E-state index in [1.165, 1.54) is 12.1 Å². The van der Waals surface area contributed by atoms with E-state index in [0.29, 0.717) is 11.3 Å². The Labute approximate surface area is 190 Å². The van der Waals surface area contributed by atoms with E-state index in [0.717, 1.165) is 4.68 Å². The van der Waals surface area contributed by atoms with Crippen LogP contribution in [0, 0.1) is 17.2 Å². The van der Waals surface area contributed by atoms with Crippen LogP contribution in [-0.2, 0) is 4.79 Å². The number of rotatable bonds is 4. The van der Waals surface area contributed by atoms with Crippen LogP contribution in [0.25, 0.3) is 5.69 Å². The van der Waals surface area contributed by atoms with E-state index < -0.39 is 38.4 Å². The summed E-state index contributed by atoms with van der Waals surface area (Å²) in [6.45, 7) is 3.79. The van der Waals surface area contributed by atoms with Gasteiger partial charge in [0.2, 0.25) is 0 Å².